The van der Waals surface area contributed by atoms with Crippen molar-refractivity contribution >= 4 is 11.9 Å². The van der Waals surface area contributed by atoms with Crippen LogP contribution >= 0.6 is 0 Å². The number of aromatic carboxylic acids is 1. The summed E-state index contributed by atoms with van der Waals surface area (Å²) < 4.78 is 0. The van der Waals surface area contributed by atoms with Gasteiger partial charge in [-0.25, -0.2) is 9.78 Å². The van der Waals surface area contributed by atoms with Crippen molar-refractivity contribution in [2.75, 3.05) is 0 Å². The van der Waals surface area contributed by atoms with E-state index in [0.717, 1.165) is 12.8 Å². The summed E-state index contributed by atoms with van der Waals surface area (Å²) in [5.41, 5.74) is 0.0128. The van der Waals surface area contributed by atoms with Gasteiger partial charge in [-0.2, -0.15) is 0 Å². The Labute approximate surface area is 113 Å². The van der Waals surface area contributed by atoms with Gasteiger partial charge in [-0.1, -0.05) is 19.9 Å². The van der Waals surface area contributed by atoms with E-state index in [0.29, 0.717) is 5.92 Å². The number of carbonyl (C=O) groups is 2. The molecule has 0 aliphatic carbocycles. The van der Waals surface area contributed by atoms with Crippen LogP contribution in [0.25, 0.3) is 0 Å². The number of carboxylic acids is 1. The molecule has 1 unspecified atom stereocenters. The minimum atomic E-state index is -1.14. The molecule has 0 bridgehead atoms. The van der Waals surface area contributed by atoms with E-state index in [1.807, 2.05) is 6.92 Å². The molecule has 5 heteroatoms. The van der Waals surface area contributed by atoms with E-state index in [4.69, 9.17) is 5.11 Å². The van der Waals surface area contributed by atoms with Gasteiger partial charge in [-0.3, -0.25) is 4.79 Å². The van der Waals surface area contributed by atoms with Gasteiger partial charge in [-0.05, 0) is 37.8 Å². The molecule has 1 rings (SSSR count). The zero-order valence-electron chi connectivity index (χ0n) is 11.5. The van der Waals surface area contributed by atoms with E-state index in [-0.39, 0.29) is 23.3 Å². The summed E-state index contributed by atoms with van der Waals surface area (Å²) in [6, 6.07) is 4.44. The molecule has 0 saturated carbocycles. The molecule has 1 aromatic rings. The number of carboxylic acid groups (broad SMARTS) is 1. The molecule has 0 radical (unpaired) electrons. The lowest BCUT2D eigenvalue weighted by molar-refractivity contribution is 0.0690. The second-order valence-corrected chi connectivity index (χ2v) is 5.06. The Morgan fingerprint density at radius 3 is 2.42 bits per heavy atom. The summed E-state index contributed by atoms with van der Waals surface area (Å²) in [5, 5.41) is 11.6. The first-order valence-electron chi connectivity index (χ1n) is 6.41. The van der Waals surface area contributed by atoms with Gasteiger partial charge >= 0.3 is 5.97 Å². The fourth-order valence-electron chi connectivity index (χ4n) is 1.63. The number of hydrogen-bond donors (Lipinski definition) is 2. The van der Waals surface area contributed by atoms with E-state index in [1.54, 1.807) is 0 Å². The van der Waals surface area contributed by atoms with Crippen molar-refractivity contribution in [3.8, 4) is 0 Å². The van der Waals surface area contributed by atoms with Crippen molar-refractivity contribution in [2.24, 2.45) is 5.92 Å². The first-order valence-corrected chi connectivity index (χ1v) is 6.41. The highest BCUT2D eigenvalue weighted by molar-refractivity contribution is 5.94. The number of carbonyl (C=O) groups excluding carboxylic acids is 1. The molecule has 0 fully saturated rings. The zero-order valence-corrected chi connectivity index (χ0v) is 11.5. The molecule has 2 N–H and O–H groups in total. The van der Waals surface area contributed by atoms with Crippen molar-refractivity contribution < 1.29 is 14.7 Å². The minimum absolute atomic E-state index is 0.0465. The third-order valence-corrected chi connectivity index (χ3v) is 2.76. The summed E-state index contributed by atoms with van der Waals surface area (Å²) in [5.74, 6) is -0.880. The van der Waals surface area contributed by atoms with Gasteiger partial charge < -0.3 is 10.4 Å². The van der Waals surface area contributed by atoms with Crippen LogP contribution in [0.1, 0.15) is 54.6 Å². The number of amides is 1. The topological polar surface area (TPSA) is 79.3 Å². The van der Waals surface area contributed by atoms with Crippen molar-refractivity contribution in [3.05, 3.63) is 29.6 Å². The number of hydrogen-bond acceptors (Lipinski definition) is 3. The van der Waals surface area contributed by atoms with Gasteiger partial charge in [-0.15, -0.1) is 0 Å². The Kier molecular flexibility index (Phi) is 5.48. The number of rotatable bonds is 6. The lowest BCUT2D eigenvalue weighted by Crippen LogP contribution is -2.33. The Morgan fingerprint density at radius 1 is 1.21 bits per heavy atom. The highest BCUT2D eigenvalue weighted by atomic mass is 16.4. The molecule has 1 atom stereocenters. The van der Waals surface area contributed by atoms with Crippen LogP contribution in [-0.4, -0.2) is 28.0 Å². The van der Waals surface area contributed by atoms with Crippen LogP contribution in [0.2, 0.25) is 0 Å². The molecule has 1 heterocycles. The molecule has 0 aliphatic heterocycles. The number of nitrogens with one attached hydrogen (secondary N) is 1. The molecule has 0 aliphatic rings. The largest absolute Gasteiger partial charge is 0.477 e. The van der Waals surface area contributed by atoms with Crippen molar-refractivity contribution in [3.63, 3.8) is 0 Å². The predicted octanol–water partition coefficient (Wildman–Crippen LogP) is 2.33. The maximum atomic E-state index is 11.9. The van der Waals surface area contributed by atoms with E-state index >= 15 is 0 Å². The quantitative estimate of drug-likeness (QED) is 0.826. The molecule has 0 aromatic carbocycles. The minimum Gasteiger partial charge on any atom is -0.477 e. The molecule has 5 nitrogen and oxygen atoms in total. The Bertz CT molecular complexity index is 458. The van der Waals surface area contributed by atoms with E-state index in [9.17, 15) is 9.59 Å². The van der Waals surface area contributed by atoms with Crippen LogP contribution in [0, 0.1) is 5.92 Å². The van der Waals surface area contributed by atoms with Gasteiger partial charge in [0.2, 0.25) is 0 Å². The summed E-state index contributed by atoms with van der Waals surface area (Å²) in [4.78, 5) is 26.5. The number of nitrogens with zero attached hydrogens (tertiary/aromatic N) is 1. The Balaban J connectivity index is 2.62. The lowest BCUT2D eigenvalue weighted by atomic mass is 10.0. The van der Waals surface area contributed by atoms with E-state index < -0.39 is 5.97 Å². The zero-order chi connectivity index (χ0) is 14.4. The average Bonchev–Trinajstić information content (AvgIpc) is 2.36. The fraction of sp³-hybridized carbons (Fsp3) is 0.500. The third kappa shape index (κ3) is 5.07. The third-order valence-electron chi connectivity index (χ3n) is 2.76. The van der Waals surface area contributed by atoms with Crippen molar-refractivity contribution in [2.45, 2.75) is 39.7 Å². The van der Waals surface area contributed by atoms with Gasteiger partial charge in [0.05, 0.1) is 0 Å². The standard InChI is InChI=1S/C14H20N2O3/c1-9(2)7-8-10(3)15-13(17)11-5-4-6-12(16-11)14(18)19/h4-6,9-10H,7-8H2,1-3H3,(H,15,17)(H,18,19). The molecular formula is C14H20N2O3. The normalized spacial score (nSPS) is 12.2. The number of pyridine rings is 1. The first kappa shape index (κ1) is 15.1. The summed E-state index contributed by atoms with van der Waals surface area (Å²) >= 11 is 0. The van der Waals surface area contributed by atoms with Crippen molar-refractivity contribution in [1.82, 2.24) is 10.3 Å². The van der Waals surface area contributed by atoms with Crippen molar-refractivity contribution in [1.29, 1.82) is 0 Å². The van der Waals surface area contributed by atoms with Gasteiger partial charge in [0.1, 0.15) is 11.4 Å². The molecule has 0 saturated heterocycles. The molecule has 1 amide bonds. The summed E-state index contributed by atoms with van der Waals surface area (Å²) in [6.07, 6.45) is 1.92. The maximum Gasteiger partial charge on any atom is 0.354 e. The fourth-order valence-corrected chi connectivity index (χ4v) is 1.63. The molecular weight excluding hydrogens is 244 g/mol. The Hall–Kier alpha value is -1.91. The average molecular weight is 264 g/mol. The van der Waals surface area contributed by atoms with Gasteiger partial charge in [0.25, 0.3) is 5.91 Å². The van der Waals surface area contributed by atoms with Crippen LogP contribution in [0.5, 0.6) is 0 Å². The molecule has 0 spiro atoms. The summed E-state index contributed by atoms with van der Waals surface area (Å²) in [6.45, 7) is 6.19. The van der Waals surface area contributed by atoms with Crippen LogP contribution < -0.4 is 5.32 Å². The first-order chi connectivity index (χ1) is 8.90. The van der Waals surface area contributed by atoms with Crippen LogP contribution in [0.3, 0.4) is 0 Å². The predicted molar refractivity (Wildman–Crippen MR) is 72.2 cm³/mol. The van der Waals surface area contributed by atoms with Crippen LogP contribution in [-0.2, 0) is 0 Å². The number of aromatic nitrogens is 1. The summed E-state index contributed by atoms with van der Waals surface area (Å²) in [7, 11) is 0. The second kappa shape index (κ2) is 6.87. The van der Waals surface area contributed by atoms with E-state index in [1.165, 1.54) is 18.2 Å². The molecule has 1 aromatic heterocycles. The van der Waals surface area contributed by atoms with E-state index in [2.05, 4.69) is 24.1 Å². The van der Waals surface area contributed by atoms with Crippen LogP contribution in [0.15, 0.2) is 18.2 Å². The monoisotopic (exact) mass is 264 g/mol. The second-order valence-electron chi connectivity index (χ2n) is 5.06. The molecule has 19 heavy (non-hydrogen) atoms. The highest BCUT2D eigenvalue weighted by Crippen LogP contribution is 2.07. The lowest BCUT2D eigenvalue weighted by Gasteiger charge is -2.14. The maximum absolute atomic E-state index is 11.9. The van der Waals surface area contributed by atoms with Crippen LogP contribution in [0.4, 0.5) is 0 Å². The smallest absolute Gasteiger partial charge is 0.354 e. The Morgan fingerprint density at radius 2 is 1.84 bits per heavy atom. The highest BCUT2D eigenvalue weighted by Gasteiger charge is 2.13. The van der Waals surface area contributed by atoms with Gasteiger partial charge in [0, 0.05) is 6.04 Å². The SMILES string of the molecule is CC(C)CCC(C)NC(=O)c1cccc(C(=O)O)n1. The van der Waals surface area contributed by atoms with Gasteiger partial charge in [0.15, 0.2) is 0 Å². The molecule has 104 valence electrons.